The van der Waals surface area contributed by atoms with E-state index in [1.54, 1.807) is 23.0 Å². The number of carbonyl (C=O) groups is 1. The molecule has 1 aliphatic rings. The first-order valence-electron chi connectivity index (χ1n) is 11.8. The quantitative estimate of drug-likeness (QED) is 0.424. The zero-order valence-electron chi connectivity index (χ0n) is 19.9. The number of hydrogen-bond acceptors (Lipinski definition) is 5. The van der Waals surface area contributed by atoms with Crippen LogP contribution >= 0.6 is 11.8 Å². The molecule has 0 saturated carbocycles. The van der Waals surface area contributed by atoms with Gasteiger partial charge in [-0.15, -0.1) is 11.8 Å². The summed E-state index contributed by atoms with van der Waals surface area (Å²) in [6.07, 6.45) is 0. The number of sulfonamides is 1. The predicted molar refractivity (Wildman–Crippen MR) is 143 cm³/mol. The van der Waals surface area contributed by atoms with Crippen molar-refractivity contribution in [2.45, 2.75) is 24.1 Å². The number of nitrogens with one attached hydrogen (secondary N) is 1. The molecular formula is C27H31N3O3S2. The number of nitrogens with zero attached hydrogens (tertiary/aromatic N) is 2. The molecule has 8 heteroatoms. The van der Waals surface area contributed by atoms with E-state index in [1.807, 2.05) is 66.7 Å². The van der Waals surface area contributed by atoms with Gasteiger partial charge in [0.2, 0.25) is 10.0 Å². The fraction of sp³-hybridized carbons (Fsp3) is 0.296. The van der Waals surface area contributed by atoms with Crippen LogP contribution in [0.2, 0.25) is 0 Å². The summed E-state index contributed by atoms with van der Waals surface area (Å²) in [6.45, 7) is 4.90. The van der Waals surface area contributed by atoms with E-state index in [1.165, 1.54) is 10.5 Å². The summed E-state index contributed by atoms with van der Waals surface area (Å²) in [6, 6.07) is 25.9. The minimum atomic E-state index is -3.11. The molecule has 3 aromatic carbocycles. The molecule has 1 aliphatic heterocycles. The molecule has 0 radical (unpaired) electrons. The van der Waals surface area contributed by atoms with Crippen molar-refractivity contribution in [2.75, 3.05) is 37.2 Å². The molecule has 0 spiro atoms. The van der Waals surface area contributed by atoms with Gasteiger partial charge in [0.15, 0.2) is 0 Å². The molecule has 1 heterocycles. The highest BCUT2D eigenvalue weighted by atomic mass is 32.2. The Morgan fingerprint density at radius 3 is 2.11 bits per heavy atom. The van der Waals surface area contributed by atoms with Gasteiger partial charge in [-0.1, -0.05) is 42.5 Å². The molecule has 1 fully saturated rings. The van der Waals surface area contributed by atoms with Crippen molar-refractivity contribution in [3.63, 3.8) is 0 Å². The van der Waals surface area contributed by atoms with Crippen LogP contribution in [0.15, 0.2) is 83.8 Å². The number of anilines is 1. The van der Waals surface area contributed by atoms with Gasteiger partial charge in [-0.2, -0.15) is 4.31 Å². The minimum Gasteiger partial charge on any atom is -0.322 e. The van der Waals surface area contributed by atoms with Gasteiger partial charge < -0.3 is 5.32 Å². The van der Waals surface area contributed by atoms with Crippen LogP contribution in [0.4, 0.5) is 5.69 Å². The average molecular weight is 510 g/mol. The summed E-state index contributed by atoms with van der Waals surface area (Å²) in [5.41, 5.74) is 3.69. The number of hydrogen-bond donors (Lipinski definition) is 1. The van der Waals surface area contributed by atoms with Crippen molar-refractivity contribution in [1.82, 2.24) is 9.21 Å². The van der Waals surface area contributed by atoms with Crippen molar-refractivity contribution in [1.29, 1.82) is 0 Å². The zero-order valence-corrected chi connectivity index (χ0v) is 21.5. The minimum absolute atomic E-state index is 0.138. The normalized spacial score (nSPS) is 15.1. The molecule has 1 amide bonds. The topological polar surface area (TPSA) is 69.7 Å². The maximum absolute atomic E-state index is 12.7. The first-order chi connectivity index (χ1) is 16.9. The molecule has 0 aromatic heterocycles. The van der Waals surface area contributed by atoms with Crippen LogP contribution in [-0.2, 0) is 22.3 Å². The Balaban J connectivity index is 1.25. The summed E-state index contributed by atoms with van der Waals surface area (Å²) in [5, 5.41) is 2.97. The number of rotatable bonds is 9. The number of benzene rings is 3. The molecule has 184 valence electrons. The highest BCUT2D eigenvalue weighted by molar-refractivity contribution is 7.98. The molecule has 0 unspecified atom stereocenters. The van der Waals surface area contributed by atoms with E-state index in [9.17, 15) is 13.2 Å². The van der Waals surface area contributed by atoms with Crippen molar-refractivity contribution in [3.8, 4) is 0 Å². The van der Waals surface area contributed by atoms with E-state index in [-0.39, 0.29) is 11.7 Å². The van der Waals surface area contributed by atoms with Gasteiger partial charge in [0, 0.05) is 54.6 Å². The zero-order chi connectivity index (χ0) is 24.7. The number of carbonyl (C=O) groups excluding carboxylic acids is 1. The summed E-state index contributed by atoms with van der Waals surface area (Å²) >= 11 is 1.79. The average Bonchev–Trinajstić information content (AvgIpc) is 2.89. The third-order valence-electron chi connectivity index (χ3n) is 6.07. The molecule has 6 nitrogen and oxygen atoms in total. The molecule has 0 bridgehead atoms. The van der Waals surface area contributed by atoms with E-state index >= 15 is 0 Å². The Hall–Kier alpha value is -2.65. The number of amides is 1. The Morgan fingerprint density at radius 2 is 1.49 bits per heavy atom. The fourth-order valence-corrected chi connectivity index (χ4v) is 5.90. The smallest absolute Gasteiger partial charge is 0.255 e. The van der Waals surface area contributed by atoms with Crippen LogP contribution < -0.4 is 5.32 Å². The lowest BCUT2D eigenvalue weighted by Crippen LogP contribution is -2.48. The summed E-state index contributed by atoms with van der Waals surface area (Å²) in [5.74, 6) is 0.887. The van der Waals surface area contributed by atoms with Crippen LogP contribution in [-0.4, -0.2) is 55.5 Å². The van der Waals surface area contributed by atoms with E-state index < -0.39 is 10.0 Å². The van der Waals surface area contributed by atoms with Gasteiger partial charge in [0.25, 0.3) is 5.91 Å². The van der Waals surface area contributed by atoms with Gasteiger partial charge in [-0.25, -0.2) is 8.42 Å². The molecule has 1 N–H and O–H groups in total. The Bertz CT molecular complexity index is 1210. The van der Waals surface area contributed by atoms with Crippen molar-refractivity contribution < 1.29 is 13.2 Å². The molecular weight excluding hydrogens is 478 g/mol. The maximum Gasteiger partial charge on any atom is 0.255 e. The Labute approximate surface area is 212 Å². The summed E-state index contributed by atoms with van der Waals surface area (Å²) in [7, 11) is -3.11. The molecule has 3 aromatic rings. The van der Waals surface area contributed by atoms with Gasteiger partial charge >= 0.3 is 0 Å². The van der Waals surface area contributed by atoms with Gasteiger partial charge in [-0.05, 0) is 54.4 Å². The number of thioether (sulfide) groups is 1. The van der Waals surface area contributed by atoms with Crippen LogP contribution in [0.5, 0.6) is 0 Å². The molecule has 0 aliphatic carbocycles. The second-order valence-corrected chi connectivity index (χ2v) is 11.8. The van der Waals surface area contributed by atoms with E-state index in [2.05, 4.69) is 22.3 Å². The first kappa shape index (κ1) is 25.4. The first-order valence-corrected chi connectivity index (χ1v) is 14.4. The van der Waals surface area contributed by atoms with Gasteiger partial charge in [0.05, 0.1) is 5.75 Å². The molecule has 35 heavy (non-hydrogen) atoms. The molecule has 4 rings (SSSR count). The standard InChI is InChI=1S/C27H31N3O3S2/c1-2-35(32,33)30-18-16-29(17-19-30)20-22-8-12-24(13-9-22)27(31)28-25-14-10-23(11-15-25)21-34-26-6-4-3-5-7-26/h3-15H,2,16-21H2,1H3,(H,28,31). The van der Waals surface area contributed by atoms with Crippen molar-refractivity contribution in [3.05, 3.63) is 95.6 Å². The largest absolute Gasteiger partial charge is 0.322 e. The monoisotopic (exact) mass is 509 g/mol. The van der Waals surface area contributed by atoms with Crippen LogP contribution in [0.25, 0.3) is 0 Å². The Morgan fingerprint density at radius 1 is 0.857 bits per heavy atom. The highest BCUT2D eigenvalue weighted by Gasteiger charge is 2.25. The highest BCUT2D eigenvalue weighted by Crippen LogP contribution is 2.23. The summed E-state index contributed by atoms with van der Waals surface area (Å²) in [4.78, 5) is 16.2. The lowest BCUT2D eigenvalue weighted by molar-refractivity contribution is 0.102. The summed E-state index contributed by atoms with van der Waals surface area (Å²) < 4.78 is 25.6. The second-order valence-electron chi connectivity index (χ2n) is 8.53. The van der Waals surface area contributed by atoms with E-state index in [0.717, 1.165) is 23.5 Å². The molecule has 1 saturated heterocycles. The third kappa shape index (κ3) is 7.18. The van der Waals surface area contributed by atoms with E-state index in [0.29, 0.717) is 31.7 Å². The van der Waals surface area contributed by atoms with Crippen LogP contribution in [0.3, 0.4) is 0 Å². The third-order valence-corrected chi connectivity index (χ3v) is 9.04. The van der Waals surface area contributed by atoms with E-state index in [4.69, 9.17) is 0 Å². The fourth-order valence-electron chi connectivity index (χ4n) is 3.94. The van der Waals surface area contributed by atoms with Crippen LogP contribution in [0.1, 0.15) is 28.4 Å². The van der Waals surface area contributed by atoms with Gasteiger partial charge in [0.1, 0.15) is 0 Å². The molecule has 0 atom stereocenters. The van der Waals surface area contributed by atoms with Gasteiger partial charge in [-0.3, -0.25) is 9.69 Å². The lowest BCUT2D eigenvalue weighted by Gasteiger charge is -2.33. The SMILES string of the molecule is CCS(=O)(=O)N1CCN(Cc2ccc(C(=O)Nc3ccc(CSc4ccccc4)cc3)cc2)CC1. The van der Waals surface area contributed by atoms with Crippen LogP contribution in [0, 0.1) is 0 Å². The second kappa shape index (κ2) is 11.9. The number of piperazine rings is 1. The Kier molecular flexibility index (Phi) is 8.62. The van der Waals surface area contributed by atoms with Crippen molar-refractivity contribution >= 4 is 33.4 Å². The van der Waals surface area contributed by atoms with Crippen molar-refractivity contribution in [2.24, 2.45) is 0 Å². The maximum atomic E-state index is 12.7. The lowest BCUT2D eigenvalue weighted by atomic mass is 10.1. The predicted octanol–water partition coefficient (Wildman–Crippen LogP) is 4.70.